The molecule has 0 saturated heterocycles. The molecule has 0 spiro atoms. The minimum atomic E-state index is -3.91. The second-order valence-electron chi connectivity index (χ2n) is 6.98. The Kier molecular flexibility index (Phi) is 5.89. The van der Waals surface area contributed by atoms with Gasteiger partial charge in [-0.2, -0.15) is 17.9 Å². The smallest absolute Gasteiger partial charge is 0.279 e. The molecule has 1 unspecified atom stereocenters. The maximum absolute atomic E-state index is 13.5. The van der Waals surface area contributed by atoms with E-state index < -0.39 is 16.1 Å². The van der Waals surface area contributed by atoms with Gasteiger partial charge in [0.15, 0.2) is 0 Å². The van der Waals surface area contributed by atoms with Gasteiger partial charge in [0, 0.05) is 23.1 Å². The molecule has 0 aliphatic carbocycles. The fraction of sp³-hybridized carbons (Fsp3) is 0.174. The van der Waals surface area contributed by atoms with Crippen LogP contribution >= 0.6 is 11.6 Å². The molecule has 1 heterocycles. The summed E-state index contributed by atoms with van der Waals surface area (Å²) in [6, 6.07) is 20.3. The Morgan fingerprint density at radius 3 is 2.16 bits per heavy atom. The molecule has 160 valence electrons. The summed E-state index contributed by atoms with van der Waals surface area (Å²) in [6.07, 6.45) is 0.353. The molecule has 1 atom stereocenters. The first-order valence-corrected chi connectivity index (χ1v) is 11.4. The minimum Gasteiger partial charge on any atom is -0.497 e. The van der Waals surface area contributed by atoms with E-state index in [0.717, 1.165) is 4.41 Å². The predicted molar refractivity (Wildman–Crippen MR) is 120 cm³/mol. The molecule has 3 aromatic carbocycles. The van der Waals surface area contributed by atoms with Crippen LogP contribution in [0, 0.1) is 0 Å². The molecule has 0 aromatic heterocycles. The average Bonchev–Trinajstić information content (AvgIpc) is 3.26. The van der Waals surface area contributed by atoms with Gasteiger partial charge in [0.2, 0.25) is 0 Å². The summed E-state index contributed by atoms with van der Waals surface area (Å²) >= 11 is 6.38. The number of halogens is 1. The Labute approximate surface area is 186 Å². The molecule has 0 fully saturated rings. The Bertz CT molecular complexity index is 1210. The molecular formula is C23H21ClN2O4S. The van der Waals surface area contributed by atoms with E-state index in [9.17, 15) is 8.42 Å². The zero-order valence-corrected chi connectivity index (χ0v) is 18.6. The van der Waals surface area contributed by atoms with E-state index in [1.54, 1.807) is 68.8 Å². The number of benzene rings is 3. The highest BCUT2D eigenvalue weighted by Gasteiger charge is 2.38. The number of hydrazone groups is 1. The van der Waals surface area contributed by atoms with Gasteiger partial charge in [-0.25, -0.2) is 0 Å². The van der Waals surface area contributed by atoms with E-state index in [4.69, 9.17) is 21.1 Å². The highest BCUT2D eigenvalue weighted by molar-refractivity contribution is 7.89. The van der Waals surface area contributed by atoms with Crippen LogP contribution in [0.2, 0.25) is 5.02 Å². The topological polar surface area (TPSA) is 68.2 Å². The number of nitrogens with zero attached hydrogens (tertiary/aromatic N) is 2. The molecule has 8 heteroatoms. The van der Waals surface area contributed by atoms with Crippen molar-refractivity contribution >= 4 is 27.3 Å². The number of hydrogen-bond donors (Lipinski definition) is 0. The third-order valence-corrected chi connectivity index (χ3v) is 7.13. The van der Waals surface area contributed by atoms with Crippen molar-refractivity contribution in [3.63, 3.8) is 0 Å². The van der Waals surface area contributed by atoms with Crippen molar-refractivity contribution in [1.82, 2.24) is 4.41 Å². The normalized spacial score (nSPS) is 16.2. The first-order valence-electron chi connectivity index (χ1n) is 9.59. The standard InChI is InChI=1S/C23H21ClN2O4S/c1-29-17-12-16(13-18(14-17)30-2)23-15-22(20-10-6-7-11-21(20)24)25-26(23)31(27,28)19-8-4-3-5-9-19/h3-14,23H,15H2,1-2H3. The molecule has 1 aliphatic heterocycles. The quantitative estimate of drug-likeness (QED) is 0.529. The van der Waals surface area contributed by atoms with Crippen LogP contribution in [-0.4, -0.2) is 32.8 Å². The maximum Gasteiger partial charge on any atom is 0.279 e. The number of hydrogen-bond acceptors (Lipinski definition) is 5. The molecule has 31 heavy (non-hydrogen) atoms. The van der Waals surface area contributed by atoms with Gasteiger partial charge in [0.05, 0.1) is 30.9 Å². The van der Waals surface area contributed by atoms with Crippen molar-refractivity contribution < 1.29 is 17.9 Å². The predicted octanol–water partition coefficient (Wildman–Crippen LogP) is 4.90. The molecular weight excluding hydrogens is 436 g/mol. The van der Waals surface area contributed by atoms with Gasteiger partial charge < -0.3 is 9.47 Å². The van der Waals surface area contributed by atoms with E-state index in [1.807, 2.05) is 18.2 Å². The highest BCUT2D eigenvalue weighted by atomic mass is 35.5. The lowest BCUT2D eigenvalue weighted by Crippen LogP contribution is -2.27. The third kappa shape index (κ3) is 4.11. The number of ether oxygens (including phenoxy) is 2. The molecule has 0 bridgehead atoms. The summed E-state index contributed by atoms with van der Waals surface area (Å²) in [6.45, 7) is 0. The average molecular weight is 457 g/mol. The first kappa shape index (κ1) is 21.2. The van der Waals surface area contributed by atoms with E-state index in [2.05, 4.69) is 5.10 Å². The van der Waals surface area contributed by atoms with E-state index >= 15 is 0 Å². The largest absolute Gasteiger partial charge is 0.497 e. The minimum absolute atomic E-state index is 0.166. The summed E-state index contributed by atoms with van der Waals surface area (Å²) in [4.78, 5) is 0.166. The van der Waals surface area contributed by atoms with Crippen LogP contribution in [0.4, 0.5) is 0 Å². The maximum atomic E-state index is 13.5. The Balaban J connectivity index is 1.85. The molecule has 0 N–H and O–H groups in total. The summed E-state index contributed by atoms with van der Waals surface area (Å²) in [5.74, 6) is 1.13. The van der Waals surface area contributed by atoms with Crippen molar-refractivity contribution in [2.24, 2.45) is 5.10 Å². The molecule has 0 saturated carbocycles. The van der Waals surface area contributed by atoms with Gasteiger partial charge in [0.1, 0.15) is 11.5 Å². The van der Waals surface area contributed by atoms with Gasteiger partial charge in [-0.1, -0.05) is 48.0 Å². The zero-order chi connectivity index (χ0) is 22.0. The molecule has 6 nitrogen and oxygen atoms in total. The molecule has 0 amide bonds. The van der Waals surface area contributed by atoms with E-state index in [1.165, 1.54) is 0 Å². The summed E-state index contributed by atoms with van der Waals surface area (Å²) in [5, 5.41) is 5.05. The van der Waals surface area contributed by atoms with Crippen LogP contribution in [0.3, 0.4) is 0 Å². The molecule has 0 radical (unpaired) electrons. The second kappa shape index (κ2) is 8.61. The lowest BCUT2D eigenvalue weighted by Gasteiger charge is -2.24. The Morgan fingerprint density at radius 1 is 0.935 bits per heavy atom. The van der Waals surface area contributed by atoms with Crippen LogP contribution in [-0.2, 0) is 10.0 Å². The van der Waals surface area contributed by atoms with Gasteiger partial charge in [-0.15, -0.1) is 0 Å². The second-order valence-corrected chi connectivity index (χ2v) is 9.19. The summed E-state index contributed by atoms with van der Waals surface area (Å²) < 4.78 is 39.0. The van der Waals surface area contributed by atoms with E-state index in [0.29, 0.717) is 39.8 Å². The van der Waals surface area contributed by atoms with Crippen LogP contribution < -0.4 is 9.47 Å². The SMILES string of the molecule is COc1cc(OC)cc(C2CC(c3ccccc3Cl)=NN2S(=O)(=O)c2ccccc2)c1. The van der Waals surface area contributed by atoms with Crippen molar-refractivity contribution in [2.45, 2.75) is 17.4 Å². The van der Waals surface area contributed by atoms with Gasteiger partial charge in [0.25, 0.3) is 10.0 Å². The number of sulfonamides is 1. The Hall–Kier alpha value is -3.03. The van der Waals surface area contributed by atoms with Crippen LogP contribution in [0.25, 0.3) is 0 Å². The molecule has 1 aliphatic rings. The van der Waals surface area contributed by atoms with Crippen molar-refractivity contribution in [2.75, 3.05) is 14.2 Å². The fourth-order valence-electron chi connectivity index (χ4n) is 3.54. The van der Waals surface area contributed by atoms with E-state index in [-0.39, 0.29) is 4.90 Å². The van der Waals surface area contributed by atoms with Gasteiger partial charge in [-0.3, -0.25) is 0 Å². The third-order valence-electron chi connectivity index (χ3n) is 5.10. The lowest BCUT2D eigenvalue weighted by atomic mass is 9.98. The molecule has 3 aromatic rings. The van der Waals surface area contributed by atoms with Crippen LogP contribution in [0.1, 0.15) is 23.6 Å². The Morgan fingerprint density at radius 2 is 1.55 bits per heavy atom. The summed E-state index contributed by atoms with van der Waals surface area (Å²) in [5.41, 5.74) is 2.01. The number of rotatable bonds is 6. The zero-order valence-electron chi connectivity index (χ0n) is 17.0. The van der Waals surface area contributed by atoms with Crippen molar-refractivity contribution in [1.29, 1.82) is 0 Å². The van der Waals surface area contributed by atoms with Gasteiger partial charge in [-0.05, 0) is 35.9 Å². The number of methoxy groups -OCH3 is 2. The van der Waals surface area contributed by atoms with Crippen LogP contribution in [0.5, 0.6) is 11.5 Å². The van der Waals surface area contributed by atoms with Gasteiger partial charge >= 0.3 is 0 Å². The van der Waals surface area contributed by atoms with Crippen molar-refractivity contribution in [3.8, 4) is 11.5 Å². The monoisotopic (exact) mass is 456 g/mol. The first-order chi connectivity index (χ1) is 14.9. The van der Waals surface area contributed by atoms with Crippen LogP contribution in [0.15, 0.2) is 82.8 Å². The van der Waals surface area contributed by atoms with Crippen molar-refractivity contribution in [3.05, 3.63) is 88.9 Å². The lowest BCUT2D eigenvalue weighted by molar-refractivity contribution is 0.362. The molecule has 4 rings (SSSR count). The summed E-state index contributed by atoms with van der Waals surface area (Å²) in [7, 11) is -0.802. The highest BCUT2D eigenvalue weighted by Crippen LogP contribution is 2.40. The fourth-order valence-corrected chi connectivity index (χ4v) is 5.24.